The van der Waals surface area contributed by atoms with Crippen LogP contribution in [-0.2, 0) is 14.4 Å². The smallest absolute Gasteiger partial charge is 0.341 e. The van der Waals surface area contributed by atoms with Crippen LogP contribution in [0, 0.1) is 0 Å². The van der Waals surface area contributed by atoms with Crippen molar-refractivity contribution in [2.24, 2.45) is 0 Å². The predicted octanol–water partition coefficient (Wildman–Crippen LogP) is -0.449. The van der Waals surface area contributed by atoms with Crippen LogP contribution in [0.3, 0.4) is 0 Å². The van der Waals surface area contributed by atoms with Gasteiger partial charge in [-0.2, -0.15) is 0 Å². The summed E-state index contributed by atoms with van der Waals surface area (Å²) in [4.78, 5) is 59.7. The molecule has 3 rings (SSSR count). The van der Waals surface area contributed by atoms with Crippen LogP contribution in [0.15, 0.2) is 18.2 Å². The average Bonchev–Trinajstić information content (AvgIpc) is 2.78. The number of hydrogen-bond donors (Lipinski definition) is 2. The van der Waals surface area contributed by atoms with Gasteiger partial charge in [-0.05, 0) is 18.6 Å². The number of aliphatic carboxylic acids is 1. The van der Waals surface area contributed by atoms with Gasteiger partial charge in [0.15, 0.2) is 6.61 Å². The molecule has 0 radical (unpaired) electrons. The first-order chi connectivity index (χ1) is 11.4. The van der Waals surface area contributed by atoms with Crippen molar-refractivity contribution in [2.75, 3.05) is 6.61 Å². The van der Waals surface area contributed by atoms with Crippen LogP contribution in [0.25, 0.3) is 0 Å². The highest BCUT2D eigenvalue weighted by Gasteiger charge is 2.45. The Bertz CT molecular complexity index is 786. The van der Waals surface area contributed by atoms with E-state index in [2.05, 4.69) is 5.32 Å². The monoisotopic (exact) mass is 332 g/mol. The molecule has 9 heteroatoms. The number of benzene rings is 1. The van der Waals surface area contributed by atoms with Gasteiger partial charge in [-0.25, -0.2) is 4.79 Å². The van der Waals surface area contributed by atoms with Crippen molar-refractivity contribution in [2.45, 2.75) is 18.9 Å². The molecule has 4 amide bonds. The van der Waals surface area contributed by atoms with Gasteiger partial charge in [-0.1, -0.05) is 6.07 Å². The third kappa shape index (κ3) is 2.49. The number of nitrogens with zero attached hydrogens (tertiary/aromatic N) is 1. The summed E-state index contributed by atoms with van der Waals surface area (Å²) in [6, 6.07) is 3.15. The number of carboxylic acid groups (broad SMARTS) is 1. The summed E-state index contributed by atoms with van der Waals surface area (Å²) in [6.07, 6.45) is 0.0631. The van der Waals surface area contributed by atoms with Crippen LogP contribution in [0.2, 0.25) is 0 Å². The van der Waals surface area contributed by atoms with E-state index in [4.69, 9.17) is 9.84 Å². The second-order valence-electron chi connectivity index (χ2n) is 5.31. The van der Waals surface area contributed by atoms with Crippen LogP contribution < -0.4 is 10.1 Å². The van der Waals surface area contributed by atoms with Gasteiger partial charge >= 0.3 is 5.97 Å². The number of amides is 4. The van der Waals surface area contributed by atoms with Crippen molar-refractivity contribution in [3.8, 4) is 5.75 Å². The van der Waals surface area contributed by atoms with E-state index >= 15 is 0 Å². The zero-order valence-electron chi connectivity index (χ0n) is 12.3. The van der Waals surface area contributed by atoms with Gasteiger partial charge in [0.05, 0.1) is 11.1 Å². The SMILES string of the molecule is O=C(O)COc1cccc2c1C(=O)N([C@H]1CCC(=O)NC1=O)C2=O. The number of fused-ring (bicyclic) bond motifs is 1. The molecule has 2 aliphatic heterocycles. The van der Waals surface area contributed by atoms with Gasteiger partial charge in [0.2, 0.25) is 11.8 Å². The number of rotatable bonds is 4. The predicted molar refractivity (Wildman–Crippen MR) is 76.2 cm³/mol. The van der Waals surface area contributed by atoms with Crippen LogP contribution in [0.1, 0.15) is 33.6 Å². The molecule has 9 nitrogen and oxygen atoms in total. The molecule has 0 aliphatic carbocycles. The molecule has 2 N–H and O–H groups in total. The summed E-state index contributed by atoms with van der Waals surface area (Å²) < 4.78 is 5.05. The maximum atomic E-state index is 12.6. The standard InChI is InChI=1S/C15H12N2O7/c18-10-5-4-8(13(21)16-10)17-14(22)7-2-1-3-9(12(7)15(17)23)24-6-11(19)20/h1-3,8H,4-6H2,(H,19,20)(H,16,18,21)/t8-/m0/s1. The summed E-state index contributed by atoms with van der Waals surface area (Å²) in [5.41, 5.74) is -0.0407. The maximum absolute atomic E-state index is 12.6. The number of carboxylic acids is 1. The van der Waals surface area contributed by atoms with Crippen LogP contribution >= 0.6 is 0 Å². The summed E-state index contributed by atoms with van der Waals surface area (Å²) in [5.74, 6) is -3.86. The highest BCUT2D eigenvalue weighted by Crippen LogP contribution is 2.33. The number of carbonyl (C=O) groups is 5. The molecule has 1 atom stereocenters. The number of nitrogens with one attached hydrogen (secondary N) is 1. The van der Waals surface area contributed by atoms with E-state index in [0.717, 1.165) is 4.90 Å². The number of imide groups is 2. The fourth-order valence-electron chi connectivity index (χ4n) is 2.74. The number of ether oxygens (including phenoxy) is 1. The Morgan fingerprint density at radius 2 is 2.00 bits per heavy atom. The molecule has 1 saturated heterocycles. The van der Waals surface area contributed by atoms with Crippen molar-refractivity contribution < 1.29 is 33.8 Å². The molecular weight excluding hydrogens is 320 g/mol. The summed E-state index contributed by atoms with van der Waals surface area (Å²) in [5, 5.41) is 10.8. The fourth-order valence-corrected chi connectivity index (χ4v) is 2.74. The van der Waals surface area contributed by atoms with E-state index in [9.17, 15) is 24.0 Å². The van der Waals surface area contributed by atoms with Crippen molar-refractivity contribution in [3.63, 3.8) is 0 Å². The minimum Gasteiger partial charge on any atom is -0.481 e. The van der Waals surface area contributed by atoms with Gasteiger partial charge < -0.3 is 9.84 Å². The van der Waals surface area contributed by atoms with Crippen LogP contribution in [0.5, 0.6) is 5.75 Å². The molecule has 1 aromatic carbocycles. The lowest BCUT2D eigenvalue weighted by atomic mass is 10.0. The van der Waals surface area contributed by atoms with Crippen LogP contribution in [0.4, 0.5) is 0 Å². The highest BCUT2D eigenvalue weighted by atomic mass is 16.5. The van der Waals surface area contributed by atoms with Gasteiger partial charge in [0.1, 0.15) is 11.8 Å². The molecule has 0 unspecified atom stereocenters. The number of piperidine rings is 1. The van der Waals surface area contributed by atoms with E-state index in [1.165, 1.54) is 18.2 Å². The Balaban J connectivity index is 1.94. The Labute approximate surface area is 135 Å². The third-order valence-corrected chi connectivity index (χ3v) is 3.78. The topological polar surface area (TPSA) is 130 Å². The van der Waals surface area contributed by atoms with Crippen molar-refractivity contribution in [3.05, 3.63) is 29.3 Å². The second-order valence-corrected chi connectivity index (χ2v) is 5.31. The first-order valence-corrected chi connectivity index (χ1v) is 7.09. The largest absolute Gasteiger partial charge is 0.481 e. The number of hydrogen-bond acceptors (Lipinski definition) is 6. The molecule has 2 aliphatic rings. The summed E-state index contributed by atoms with van der Waals surface area (Å²) in [6.45, 7) is -0.670. The lowest BCUT2D eigenvalue weighted by molar-refractivity contribution is -0.139. The average molecular weight is 332 g/mol. The zero-order chi connectivity index (χ0) is 17.4. The van der Waals surface area contributed by atoms with E-state index in [0.29, 0.717) is 0 Å². The lowest BCUT2D eigenvalue weighted by Crippen LogP contribution is -2.54. The number of carbonyl (C=O) groups excluding carboxylic acids is 4. The molecule has 124 valence electrons. The Kier molecular flexibility index (Phi) is 3.76. The zero-order valence-corrected chi connectivity index (χ0v) is 12.3. The van der Waals surface area contributed by atoms with Gasteiger partial charge in [-0.3, -0.25) is 29.4 Å². The normalized spacial score (nSPS) is 20.0. The van der Waals surface area contributed by atoms with E-state index < -0.39 is 42.2 Å². The lowest BCUT2D eigenvalue weighted by Gasteiger charge is -2.27. The van der Waals surface area contributed by atoms with Gasteiger partial charge in [0.25, 0.3) is 11.8 Å². The fraction of sp³-hybridized carbons (Fsp3) is 0.267. The molecule has 0 saturated carbocycles. The van der Waals surface area contributed by atoms with Crippen molar-refractivity contribution in [1.29, 1.82) is 0 Å². The molecule has 2 heterocycles. The summed E-state index contributed by atoms with van der Waals surface area (Å²) in [7, 11) is 0. The van der Waals surface area contributed by atoms with E-state index in [1.807, 2.05) is 0 Å². The third-order valence-electron chi connectivity index (χ3n) is 3.78. The second kappa shape index (κ2) is 5.76. The Hall–Kier alpha value is -3.23. The first-order valence-electron chi connectivity index (χ1n) is 7.09. The molecule has 0 aromatic heterocycles. The molecular formula is C15H12N2O7. The van der Waals surface area contributed by atoms with Crippen molar-refractivity contribution in [1.82, 2.24) is 10.2 Å². The van der Waals surface area contributed by atoms with Gasteiger partial charge in [0, 0.05) is 6.42 Å². The summed E-state index contributed by atoms with van der Waals surface area (Å²) >= 11 is 0. The first kappa shape index (κ1) is 15.7. The molecule has 0 spiro atoms. The Morgan fingerprint density at radius 1 is 1.25 bits per heavy atom. The Morgan fingerprint density at radius 3 is 2.67 bits per heavy atom. The minimum atomic E-state index is -1.23. The minimum absolute atomic E-state index is 0.0200. The van der Waals surface area contributed by atoms with E-state index in [-0.39, 0.29) is 29.7 Å². The van der Waals surface area contributed by atoms with Crippen molar-refractivity contribution >= 4 is 29.6 Å². The van der Waals surface area contributed by atoms with Crippen LogP contribution in [-0.4, -0.2) is 52.3 Å². The molecule has 0 bridgehead atoms. The quantitative estimate of drug-likeness (QED) is 0.714. The van der Waals surface area contributed by atoms with E-state index in [1.54, 1.807) is 0 Å². The molecule has 24 heavy (non-hydrogen) atoms. The molecule has 1 fully saturated rings. The highest BCUT2D eigenvalue weighted by molar-refractivity contribution is 6.24. The van der Waals surface area contributed by atoms with Gasteiger partial charge in [-0.15, -0.1) is 0 Å². The maximum Gasteiger partial charge on any atom is 0.341 e. The molecule has 1 aromatic rings.